The van der Waals surface area contributed by atoms with Crippen molar-refractivity contribution in [1.82, 2.24) is 15.2 Å². The lowest BCUT2D eigenvalue weighted by atomic mass is 10.1. The predicted octanol–water partition coefficient (Wildman–Crippen LogP) is 3.83. The highest BCUT2D eigenvalue weighted by Crippen LogP contribution is 2.23. The number of H-pyrrole nitrogens is 1. The van der Waals surface area contributed by atoms with E-state index in [2.05, 4.69) is 27.3 Å². The number of nitrogens with one attached hydrogen (secondary N) is 1. The lowest BCUT2D eigenvalue weighted by molar-refractivity contribution is 0.267. The fraction of sp³-hybridized carbons (Fsp3) is 0.111. The number of nitrogens with zero attached hydrogens (tertiary/aromatic N) is 2. The number of aromatic amines is 1. The van der Waals surface area contributed by atoms with Crippen LogP contribution in [0.1, 0.15) is 17.8 Å². The van der Waals surface area contributed by atoms with Gasteiger partial charge in [-0.1, -0.05) is 42.5 Å². The summed E-state index contributed by atoms with van der Waals surface area (Å²) in [4.78, 5) is 16.3. The number of amides is 1. The van der Waals surface area contributed by atoms with Crippen molar-refractivity contribution < 1.29 is 4.79 Å². The van der Waals surface area contributed by atoms with Crippen LogP contribution in [0.4, 0.5) is 4.79 Å². The SMILES string of the molecule is NC(=O)Sc1cccc(-c2n[nH]c([CH]CCc3ccccc3)n2)c1. The molecule has 0 aliphatic heterocycles. The van der Waals surface area contributed by atoms with E-state index in [-0.39, 0.29) is 0 Å². The molecule has 0 aliphatic rings. The van der Waals surface area contributed by atoms with Gasteiger partial charge >= 0.3 is 0 Å². The molecule has 1 heterocycles. The van der Waals surface area contributed by atoms with E-state index in [1.54, 1.807) is 0 Å². The summed E-state index contributed by atoms with van der Waals surface area (Å²) in [6.07, 6.45) is 3.88. The van der Waals surface area contributed by atoms with E-state index in [0.717, 1.165) is 40.9 Å². The Balaban J connectivity index is 1.62. The summed E-state index contributed by atoms with van der Waals surface area (Å²) in [5.41, 5.74) is 7.35. The molecule has 3 rings (SSSR count). The Hall–Kier alpha value is -2.60. The monoisotopic (exact) mass is 337 g/mol. The van der Waals surface area contributed by atoms with Gasteiger partial charge in [-0.15, -0.1) is 0 Å². The summed E-state index contributed by atoms with van der Waals surface area (Å²) in [7, 11) is 0. The van der Waals surface area contributed by atoms with E-state index in [4.69, 9.17) is 5.73 Å². The second-order valence-corrected chi connectivity index (χ2v) is 6.30. The van der Waals surface area contributed by atoms with Crippen LogP contribution in [0.5, 0.6) is 0 Å². The van der Waals surface area contributed by atoms with Gasteiger partial charge in [-0.25, -0.2) is 4.98 Å². The fourth-order valence-corrected chi connectivity index (χ4v) is 2.89. The molecule has 0 saturated heterocycles. The van der Waals surface area contributed by atoms with E-state index < -0.39 is 5.24 Å². The maximum absolute atomic E-state index is 11.0. The fourth-order valence-electron chi connectivity index (χ4n) is 2.33. The number of carbonyl (C=O) groups is 1. The van der Waals surface area contributed by atoms with E-state index in [9.17, 15) is 4.79 Å². The van der Waals surface area contributed by atoms with Gasteiger partial charge in [0.1, 0.15) is 5.82 Å². The number of aryl methyl sites for hydroxylation is 1. The van der Waals surface area contributed by atoms with Gasteiger partial charge in [-0.3, -0.25) is 9.89 Å². The molecule has 5 nitrogen and oxygen atoms in total. The van der Waals surface area contributed by atoms with Crippen molar-refractivity contribution in [3.63, 3.8) is 0 Å². The van der Waals surface area contributed by atoms with Crippen LogP contribution in [-0.4, -0.2) is 20.4 Å². The summed E-state index contributed by atoms with van der Waals surface area (Å²) in [5.74, 6) is 1.35. The normalized spacial score (nSPS) is 10.7. The van der Waals surface area contributed by atoms with Gasteiger partial charge in [0.05, 0.1) is 0 Å². The number of thioether (sulfide) groups is 1. The molecule has 3 N–H and O–H groups in total. The molecule has 0 fully saturated rings. The van der Waals surface area contributed by atoms with Crippen LogP contribution in [0.3, 0.4) is 0 Å². The molecule has 0 unspecified atom stereocenters. The molecule has 24 heavy (non-hydrogen) atoms. The Morgan fingerprint density at radius 1 is 1.17 bits per heavy atom. The van der Waals surface area contributed by atoms with Crippen LogP contribution >= 0.6 is 11.8 Å². The van der Waals surface area contributed by atoms with Crippen LogP contribution in [-0.2, 0) is 6.42 Å². The van der Waals surface area contributed by atoms with Crippen molar-refractivity contribution in [3.8, 4) is 11.4 Å². The van der Waals surface area contributed by atoms with Gasteiger partial charge in [0.25, 0.3) is 5.24 Å². The van der Waals surface area contributed by atoms with Crippen LogP contribution in [0, 0.1) is 6.42 Å². The summed E-state index contributed by atoms with van der Waals surface area (Å²) >= 11 is 0.991. The van der Waals surface area contributed by atoms with E-state index >= 15 is 0 Å². The minimum Gasteiger partial charge on any atom is -0.360 e. The maximum Gasteiger partial charge on any atom is 0.281 e. The van der Waals surface area contributed by atoms with Crippen LogP contribution in [0.25, 0.3) is 11.4 Å². The summed E-state index contributed by atoms with van der Waals surface area (Å²) in [6.45, 7) is 0. The highest BCUT2D eigenvalue weighted by atomic mass is 32.2. The quantitative estimate of drug-likeness (QED) is 0.670. The van der Waals surface area contributed by atoms with Gasteiger partial charge in [-0.05, 0) is 42.3 Å². The number of primary amides is 1. The van der Waals surface area contributed by atoms with Crippen LogP contribution in [0.15, 0.2) is 59.5 Å². The molecule has 3 aromatic rings. The molecule has 0 bridgehead atoms. The molecular weight excluding hydrogens is 320 g/mol. The Kier molecular flexibility index (Phi) is 5.28. The molecule has 2 aromatic carbocycles. The Morgan fingerprint density at radius 2 is 2.00 bits per heavy atom. The summed E-state index contributed by atoms with van der Waals surface area (Å²) in [6, 6.07) is 17.8. The highest BCUT2D eigenvalue weighted by molar-refractivity contribution is 8.13. The third kappa shape index (κ3) is 4.45. The largest absolute Gasteiger partial charge is 0.360 e. The lowest BCUT2D eigenvalue weighted by Crippen LogP contribution is -2.01. The van der Waals surface area contributed by atoms with Crippen molar-refractivity contribution in [2.75, 3.05) is 0 Å². The second-order valence-electron chi connectivity index (χ2n) is 5.22. The molecule has 0 atom stereocenters. The maximum atomic E-state index is 11.0. The number of benzene rings is 2. The molecule has 1 aromatic heterocycles. The first-order chi connectivity index (χ1) is 11.7. The smallest absolute Gasteiger partial charge is 0.281 e. The summed E-state index contributed by atoms with van der Waals surface area (Å²) < 4.78 is 0. The van der Waals surface area contributed by atoms with E-state index in [0.29, 0.717) is 5.82 Å². The number of hydrogen-bond acceptors (Lipinski definition) is 4. The molecule has 0 spiro atoms. The van der Waals surface area contributed by atoms with Crippen LogP contribution < -0.4 is 5.73 Å². The molecular formula is C18H17N4OS. The minimum absolute atomic E-state index is 0.433. The molecule has 1 amide bonds. The van der Waals surface area contributed by atoms with Gasteiger partial charge in [-0.2, -0.15) is 5.10 Å². The van der Waals surface area contributed by atoms with Crippen molar-refractivity contribution >= 4 is 17.0 Å². The minimum atomic E-state index is -0.433. The van der Waals surface area contributed by atoms with Gasteiger partial charge in [0.15, 0.2) is 5.82 Å². The standard InChI is InChI=1S/C18H17N4OS/c19-18(23)24-15-10-5-9-14(12-15)17-20-16(21-22-17)11-4-8-13-6-2-1-3-7-13/h1-3,5-7,9-12H,4,8H2,(H2,19,23)(H,20,21,22). The average molecular weight is 337 g/mol. The summed E-state index contributed by atoms with van der Waals surface area (Å²) in [5, 5.41) is 6.74. The number of rotatable bonds is 6. The Labute approximate surface area is 144 Å². The van der Waals surface area contributed by atoms with E-state index in [1.165, 1.54) is 5.56 Å². The average Bonchev–Trinajstić information content (AvgIpc) is 3.04. The van der Waals surface area contributed by atoms with Gasteiger partial charge in [0, 0.05) is 16.9 Å². The number of hydrogen-bond donors (Lipinski definition) is 2. The van der Waals surface area contributed by atoms with Crippen LogP contribution in [0.2, 0.25) is 0 Å². The van der Waals surface area contributed by atoms with Crippen molar-refractivity contribution in [1.29, 1.82) is 0 Å². The predicted molar refractivity (Wildman–Crippen MR) is 95.4 cm³/mol. The van der Waals surface area contributed by atoms with E-state index in [1.807, 2.05) is 48.9 Å². The number of nitrogens with two attached hydrogens (primary N) is 1. The molecule has 0 aliphatic carbocycles. The van der Waals surface area contributed by atoms with Crippen molar-refractivity contribution in [2.24, 2.45) is 5.73 Å². The zero-order chi connectivity index (χ0) is 16.8. The topological polar surface area (TPSA) is 84.7 Å². The molecule has 121 valence electrons. The lowest BCUT2D eigenvalue weighted by Gasteiger charge is -2.00. The zero-order valence-electron chi connectivity index (χ0n) is 13.0. The second kappa shape index (κ2) is 7.79. The van der Waals surface area contributed by atoms with Crippen molar-refractivity contribution in [3.05, 3.63) is 72.4 Å². The highest BCUT2D eigenvalue weighted by Gasteiger charge is 2.08. The van der Waals surface area contributed by atoms with Crippen molar-refractivity contribution in [2.45, 2.75) is 17.7 Å². The van der Waals surface area contributed by atoms with Gasteiger partial charge < -0.3 is 5.73 Å². The first kappa shape index (κ1) is 16.3. The third-order valence-electron chi connectivity index (χ3n) is 3.43. The first-order valence-corrected chi connectivity index (χ1v) is 8.39. The van der Waals surface area contributed by atoms with Gasteiger partial charge in [0.2, 0.25) is 0 Å². The Bertz CT molecular complexity index is 817. The third-order valence-corrected chi connectivity index (χ3v) is 4.12. The number of aromatic nitrogens is 3. The zero-order valence-corrected chi connectivity index (χ0v) is 13.8. The number of carbonyl (C=O) groups excluding carboxylic acids is 1. The molecule has 6 heteroatoms. The molecule has 1 radical (unpaired) electrons. The first-order valence-electron chi connectivity index (χ1n) is 7.58. The Morgan fingerprint density at radius 3 is 2.79 bits per heavy atom. The molecule has 0 saturated carbocycles.